The van der Waals surface area contributed by atoms with Crippen LogP contribution in [0.25, 0.3) is 0 Å². The molecule has 110 valence electrons. The quantitative estimate of drug-likeness (QED) is 0.754. The smallest absolute Gasteiger partial charge is 0.331 e. The fourth-order valence-electron chi connectivity index (χ4n) is 3.12. The molecule has 1 aliphatic rings. The van der Waals surface area contributed by atoms with Gasteiger partial charge in [-0.05, 0) is 32.6 Å². The van der Waals surface area contributed by atoms with Gasteiger partial charge in [0.2, 0.25) is 5.91 Å². The summed E-state index contributed by atoms with van der Waals surface area (Å²) >= 11 is 0. The lowest BCUT2D eigenvalue weighted by Crippen LogP contribution is -2.56. The van der Waals surface area contributed by atoms with E-state index in [1.54, 1.807) is 6.92 Å². The van der Waals surface area contributed by atoms with Gasteiger partial charge >= 0.3 is 5.97 Å². The molecule has 1 atom stereocenters. The molecule has 1 aliphatic carbocycles. The maximum atomic E-state index is 12.6. The third kappa shape index (κ3) is 3.28. The van der Waals surface area contributed by atoms with E-state index in [1.165, 1.54) is 7.11 Å². The fourth-order valence-corrected chi connectivity index (χ4v) is 3.12. The molecule has 19 heavy (non-hydrogen) atoms. The van der Waals surface area contributed by atoms with Crippen molar-refractivity contribution in [3.05, 3.63) is 0 Å². The van der Waals surface area contributed by atoms with E-state index >= 15 is 0 Å². The maximum absolute atomic E-state index is 12.6. The highest BCUT2D eigenvalue weighted by atomic mass is 16.5. The van der Waals surface area contributed by atoms with E-state index in [2.05, 4.69) is 12.2 Å². The van der Waals surface area contributed by atoms with Gasteiger partial charge in [-0.15, -0.1) is 0 Å². The summed E-state index contributed by atoms with van der Waals surface area (Å²) in [5, 5.41) is 2.97. The number of esters is 1. The predicted octanol–water partition coefficient (Wildman–Crippen LogP) is 2.80. The van der Waals surface area contributed by atoms with Crippen molar-refractivity contribution in [1.29, 1.82) is 0 Å². The monoisotopic (exact) mass is 269 g/mol. The lowest BCUT2D eigenvalue weighted by Gasteiger charge is -2.33. The molecular weight excluding hydrogens is 242 g/mol. The Labute approximate surface area is 116 Å². The lowest BCUT2D eigenvalue weighted by atomic mass is 9.81. The van der Waals surface area contributed by atoms with Crippen LogP contribution >= 0.6 is 0 Å². The lowest BCUT2D eigenvalue weighted by molar-refractivity contribution is -0.152. The number of carbonyl (C=O) groups is 2. The average molecular weight is 269 g/mol. The summed E-state index contributed by atoms with van der Waals surface area (Å²) in [5.41, 5.74) is -1.17. The third-order valence-corrected chi connectivity index (χ3v) is 4.49. The third-order valence-electron chi connectivity index (χ3n) is 4.49. The van der Waals surface area contributed by atoms with Gasteiger partial charge in [0.15, 0.2) is 0 Å². The Hall–Kier alpha value is -1.06. The average Bonchev–Trinajstić information content (AvgIpc) is 2.87. The van der Waals surface area contributed by atoms with Gasteiger partial charge in [-0.1, -0.05) is 33.1 Å². The summed E-state index contributed by atoms with van der Waals surface area (Å²) in [6.45, 7) is 5.82. The van der Waals surface area contributed by atoms with Crippen molar-refractivity contribution in [3.8, 4) is 0 Å². The standard InChI is InChI=1S/C15H27NO3/c1-5-9-14(3,13(18)19-4)16-12(17)15(6-2)10-7-8-11-15/h5-11H2,1-4H3,(H,16,17). The molecule has 0 radical (unpaired) electrons. The molecule has 0 aromatic rings. The molecule has 0 heterocycles. The Morgan fingerprint density at radius 3 is 2.26 bits per heavy atom. The predicted molar refractivity (Wildman–Crippen MR) is 74.7 cm³/mol. The SMILES string of the molecule is CCCC(C)(NC(=O)C1(CC)CCCC1)C(=O)OC. The zero-order chi connectivity index (χ0) is 14.5. The molecule has 1 amide bonds. The highest BCUT2D eigenvalue weighted by Crippen LogP contribution is 2.41. The second-order valence-corrected chi connectivity index (χ2v) is 5.87. The highest BCUT2D eigenvalue weighted by Gasteiger charge is 2.44. The number of amides is 1. The minimum Gasteiger partial charge on any atom is -0.467 e. The summed E-state index contributed by atoms with van der Waals surface area (Å²) in [4.78, 5) is 24.5. The van der Waals surface area contributed by atoms with Gasteiger partial charge in [-0.2, -0.15) is 0 Å². The van der Waals surface area contributed by atoms with Gasteiger partial charge in [-0.25, -0.2) is 4.79 Å². The van der Waals surface area contributed by atoms with Crippen LogP contribution in [0, 0.1) is 5.41 Å². The van der Waals surface area contributed by atoms with Crippen LogP contribution in [0.2, 0.25) is 0 Å². The number of ether oxygens (including phenoxy) is 1. The molecule has 0 aliphatic heterocycles. The summed E-state index contributed by atoms with van der Waals surface area (Å²) in [7, 11) is 1.37. The zero-order valence-corrected chi connectivity index (χ0v) is 12.7. The van der Waals surface area contributed by atoms with Crippen molar-refractivity contribution in [3.63, 3.8) is 0 Å². The van der Waals surface area contributed by atoms with E-state index in [0.717, 1.165) is 38.5 Å². The number of hydrogen-bond acceptors (Lipinski definition) is 3. The van der Waals surface area contributed by atoms with Crippen molar-refractivity contribution >= 4 is 11.9 Å². The van der Waals surface area contributed by atoms with E-state index in [9.17, 15) is 9.59 Å². The van der Waals surface area contributed by atoms with E-state index in [0.29, 0.717) is 6.42 Å². The molecule has 1 rings (SSSR count). The second-order valence-electron chi connectivity index (χ2n) is 5.87. The summed E-state index contributed by atoms with van der Waals surface area (Å²) < 4.78 is 4.84. The molecule has 0 aromatic carbocycles. The largest absolute Gasteiger partial charge is 0.467 e. The Morgan fingerprint density at radius 1 is 1.26 bits per heavy atom. The normalized spacial score (nSPS) is 20.6. The highest BCUT2D eigenvalue weighted by molar-refractivity contribution is 5.90. The molecule has 0 bridgehead atoms. The van der Waals surface area contributed by atoms with Crippen LogP contribution < -0.4 is 5.32 Å². The topological polar surface area (TPSA) is 55.4 Å². The molecule has 4 nitrogen and oxygen atoms in total. The van der Waals surface area contributed by atoms with Crippen LogP contribution in [-0.4, -0.2) is 24.5 Å². The number of carbonyl (C=O) groups excluding carboxylic acids is 2. The zero-order valence-electron chi connectivity index (χ0n) is 12.7. The number of hydrogen-bond donors (Lipinski definition) is 1. The van der Waals surface area contributed by atoms with Crippen molar-refractivity contribution in [2.24, 2.45) is 5.41 Å². The first kappa shape index (κ1) is 16.0. The first-order chi connectivity index (χ1) is 8.94. The van der Waals surface area contributed by atoms with Gasteiger partial charge in [0, 0.05) is 5.41 Å². The van der Waals surface area contributed by atoms with Crippen LogP contribution in [-0.2, 0) is 14.3 Å². The Morgan fingerprint density at radius 2 is 1.84 bits per heavy atom. The van der Waals surface area contributed by atoms with Crippen LogP contribution in [0.4, 0.5) is 0 Å². The van der Waals surface area contributed by atoms with Crippen LogP contribution in [0.3, 0.4) is 0 Å². The molecule has 1 fully saturated rings. The Bertz CT molecular complexity index is 334. The minimum absolute atomic E-state index is 0.0221. The second kappa shape index (κ2) is 6.40. The van der Waals surface area contributed by atoms with Crippen LogP contribution in [0.15, 0.2) is 0 Å². The number of nitrogens with one attached hydrogen (secondary N) is 1. The first-order valence-electron chi connectivity index (χ1n) is 7.35. The molecule has 1 unspecified atom stereocenters. The van der Waals surface area contributed by atoms with E-state index in [1.807, 2.05) is 6.92 Å². The van der Waals surface area contributed by atoms with Crippen LogP contribution in [0.5, 0.6) is 0 Å². The number of rotatable bonds is 6. The van der Waals surface area contributed by atoms with Gasteiger partial charge in [0.25, 0.3) is 0 Å². The van der Waals surface area contributed by atoms with Gasteiger partial charge < -0.3 is 10.1 Å². The molecule has 1 saturated carbocycles. The molecule has 4 heteroatoms. The fraction of sp³-hybridized carbons (Fsp3) is 0.867. The van der Waals surface area contributed by atoms with E-state index in [-0.39, 0.29) is 17.3 Å². The summed E-state index contributed by atoms with van der Waals surface area (Å²) in [5.74, 6) is -0.333. The van der Waals surface area contributed by atoms with E-state index in [4.69, 9.17) is 4.74 Å². The molecular formula is C15H27NO3. The van der Waals surface area contributed by atoms with Crippen molar-refractivity contribution in [2.45, 2.75) is 71.3 Å². The van der Waals surface area contributed by atoms with E-state index < -0.39 is 5.54 Å². The molecule has 0 aromatic heterocycles. The first-order valence-corrected chi connectivity index (χ1v) is 7.35. The number of methoxy groups -OCH3 is 1. The van der Waals surface area contributed by atoms with Crippen LogP contribution in [0.1, 0.15) is 65.7 Å². The van der Waals surface area contributed by atoms with Gasteiger partial charge in [-0.3, -0.25) is 4.79 Å². The summed E-state index contributed by atoms with van der Waals surface area (Å²) in [6.07, 6.45) is 6.32. The Balaban J connectivity index is 2.84. The Kier molecular flexibility index (Phi) is 5.39. The molecule has 1 N–H and O–H groups in total. The molecule has 0 saturated heterocycles. The van der Waals surface area contributed by atoms with Gasteiger partial charge in [0.05, 0.1) is 7.11 Å². The van der Waals surface area contributed by atoms with Crippen molar-refractivity contribution in [1.82, 2.24) is 5.32 Å². The maximum Gasteiger partial charge on any atom is 0.331 e. The van der Waals surface area contributed by atoms with Crippen molar-refractivity contribution in [2.75, 3.05) is 7.11 Å². The minimum atomic E-state index is -0.897. The van der Waals surface area contributed by atoms with Crippen molar-refractivity contribution < 1.29 is 14.3 Å². The molecule has 0 spiro atoms. The van der Waals surface area contributed by atoms with Gasteiger partial charge in [0.1, 0.15) is 5.54 Å². The summed E-state index contributed by atoms with van der Waals surface area (Å²) in [6, 6.07) is 0.